The number of carbonyl (C=O) groups excluding carboxylic acids is 1. The monoisotopic (exact) mass is 440 g/mol. The summed E-state index contributed by atoms with van der Waals surface area (Å²) in [4.78, 5) is 14.0. The molecule has 0 aliphatic carbocycles. The Morgan fingerprint density at radius 2 is 1.84 bits per heavy atom. The van der Waals surface area contributed by atoms with E-state index >= 15 is 0 Å². The van der Waals surface area contributed by atoms with Crippen molar-refractivity contribution in [2.24, 2.45) is 5.10 Å². The molecule has 0 N–H and O–H groups in total. The van der Waals surface area contributed by atoms with Gasteiger partial charge in [-0.3, -0.25) is 4.79 Å². The molecule has 5 rings (SSSR count). The van der Waals surface area contributed by atoms with Crippen molar-refractivity contribution < 1.29 is 4.79 Å². The minimum absolute atomic E-state index is 0.0155. The lowest BCUT2D eigenvalue weighted by atomic mass is 9.97. The van der Waals surface area contributed by atoms with Crippen molar-refractivity contribution in [2.45, 2.75) is 32.7 Å². The van der Waals surface area contributed by atoms with Gasteiger partial charge in [0.1, 0.15) is 5.69 Å². The number of rotatable bonds is 5. The molecule has 1 aliphatic heterocycles. The van der Waals surface area contributed by atoms with Crippen LogP contribution in [0.15, 0.2) is 83.4 Å². The number of amides is 1. The van der Waals surface area contributed by atoms with Gasteiger partial charge in [-0.1, -0.05) is 61.0 Å². The van der Waals surface area contributed by atoms with Gasteiger partial charge >= 0.3 is 0 Å². The first-order valence-corrected chi connectivity index (χ1v) is 11.7. The summed E-state index contributed by atoms with van der Waals surface area (Å²) in [5, 5.41) is 13.4. The van der Waals surface area contributed by atoms with Crippen LogP contribution in [0.25, 0.3) is 16.3 Å². The number of aromatic nitrogens is 2. The van der Waals surface area contributed by atoms with Crippen molar-refractivity contribution in [1.82, 2.24) is 14.8 Å². The Kier molecular flexibility index (Phi) is 5.45. The van der Waals surface area contributed by atoms with Gasteiger partial charge in [0, 0.05) is 24.6 Å². The minimum atomic E-state index is -0.187. The SMILES string of the molecule is CCC(=O)N1N=C(c2ccc(C)cc2)C[C@@H]1c1cn(-c2ccccc2)nc1-c1cccs1. The first kappa shape index (κ1) is 20.4. The number of hydrazone groups is 1. The number of benzene rings is 2. The number of carbonyl (C=O) groups is 1. The second kappa shape index (κ2) is 8.55. The zero-order valence-corrected chi connectivity index (χ0v) is 18.9. The Morgan fingerprint density at radius 3 is 2.53 bits per heavy atom. The van der Waals surface area contributed by atoms with Crippen LogP contribution >= 0.6 is 11.3 Å². The first-order chi connectivity index (χ1) is 15.6. The maximum atomic E-state index is 12.9. The van der Waals surface area contributed by atoms with Gasteiger partial charge in [0.2, 0.25) is 5.91 Å². The standard InChI is InChI=1S/C26H24N4OS/c1-3-25(31)30-23(16-22(27-30)19-13-11-18(2)12-14-19)21-17-29(20-8-5-4-6-9-20)28-26(21)24-10-7-15-32-24/h4-15,17,23H,3,16H2,1-2H3/t23-/m1/s1. The molecule has 0 saturated heterocycles. The summed E-state index contributed by atoms with van der Waals surface area (Å²) in [7, 11) is 0. The van der Waals surface area contributed by atoms with Crippen molar-refractivity contribution >= 4 is 23.0 Å². The summed E-state index contributed by atoms with van der Waals surface area (Å²) in [5.41, 5.74) is 6.10. The predicted octanol–water partition coefficient (Wildman–Crippen LogP) is 6.00. The molecule has 6 heteroatoms. The van der Waals surface area contributed by atoms with E-state index in [4.69, 9.17) is 10.2 Å². The van der Waals surface area contributed by atoms with Gasteiger partial charge in [-0.05, 0) is 36.1 Å². The smallest absolute Gasteiger partial charge is 0.242 e. The van der Waals surface area contributed by atoms with Crippen LogP contribution in [0.2, 0.25) is 0 Å². The zero-order chi connectivity index (χ0) is 22.1. The molecule has 160 valence electrons. The average molecular weight is 441 g/mol. The minimum Gasteiger partial charge on any atom is -0.273 e. The molecular formula is C26H24N4OS. The molecule has 32 heavy (non-hydrogen) atoms. The van der Waals surface area contributed by atoms with Crippen LogP contribution in [0.4, 0.5) is 0 Å². The van der Waals surface area contributed by atoms with Crippen LogP contribution in [0.1, 0.15) is 42.5 Å². The highest BCUT2D eigenvalue weighted by molar-refractivity contribution is 7.13. The van der Waals surface area contributed by atoms with E-state index in [0.717, 1.165) is 33.1 Å². The van der Waals surface area contributed by atoms with Crippen LogP contribution in [-0.2, 0) is 4.79 Å². The molecule has 2 aromatic heterocycles. The van der Waals surface area contributed by atoms with Gasteiger partial charge in [0.25, 0.3) is 0 Å². The fraction of sp³-hybridized carbons (Fsp3) is 0.192. The van der Waals surface area contributed by atoms with Crippen molar-refractivity contribution in [2.75, 3.05) is 0 Å². The molecule has 2 aromatic carbocycles. The van der Waals surface area contributed by atoms with E-state index in [1.165, 1.54) is 5.56 Å². The van der Waals surface area contributed by atoms with Crippen LogP contribution in [0, 0.1) is 6.92 Å². The lowest BCUT2D eigenvalue weighted by Gasteiger charge is -2.21. The fourth-order valence-electron chi connectivity index (χ4n) is 4.01. The lowest BCUT2D eigenvalue weighted by molar-refractivity contribution is -0.132. The number of para-hydroxylation sites is 1. The highest BCUT2D eigenvalue weighted by Gasteiger charge is 2.35. The molecule has 5 nitrogen and oxygen atoms in total. The Hall–Kier alpha value is -3.51. The summed E-state index contributed by atoms with van der Waals surface area (Å²) < 4.78 is 1.91. The van der Waals surface area contributed by atoms with E-state index in [1.54, 1.807) is 16.3 Å². The second-order valence-electron chi connectivity index (χ2n) is 7.91. The zero-order valence-electron chi connectivity index (χ0n) is 18.1. The first-order valence-electron chi connectivity index (χ1n) is 10.8. The lowest BCUT2D eigenvalue weighted by Crippen LogP contribution is -2.26. The van der Waals surface area contributed by atoms with Crippen LogP contribution < -0.4 is 0 Å². The van der Waals surface area contributed by atoms with E-state index in [0.29, 0.717) is 12.8 Å². The number of aryl methyl sites for hydroxylation is 1. The van der Waals surface area contributed by atoms with Gasteiger partial charge in [0.15, 0.2) is 0 Å². The van der Waals surface area contributed by atoms with Gasteiger partial charge < -0.3 is 0 Å². The third-order valence-corrected chi connectivity index (χ3v) is 6.61. The van der Waals surface area contributed by atoms with Crippen LogP contribution in [0.3, 0.4) is 0 Å². The quantitative estimate of drug-likeness (QED) is 0.382. The highest BCUT2D eigenvalue weighted by atomic mass is 32.1. The largest absolute Gasteiger partial charge is 0.273 e. The van der Waals surface area contributed by atoms with Crippen molar-refractivity contribution in [3.05, 3.63) is 95.0 Å². The molecule has 0 radical (unpaired) electrons. The van der Waals surface area contributed by atoms with Gasteiger partial charge in [-0.15, -0.1) is 11.3 Å². The van der Waals surface area contributed by atoms with E-state index in [9.17, 15) is 4.79 Å². The van der Waals surface area contributed by atoms with Gasteiger partial charge in [0.05, 0.1) is 22.3 Å². The third kappa shape index (κ3) is 3.78. The summed E-state index contributed by atoms with van der Waals surface area (Å²) in [5.74, 6) is 0.0155. The average Bonchev–Trinajstić information content (AvgIpc) is 3.58. The summed E-state index contributed by atoms with van der Waals surface area (Å²) in [6.45, 7) is 3.95. The van der Waals surface area contributed by atoms with E-state index in [-0.39, 0.29) is 11.9 Å². The number of nitrogens with zero attached hydrogens (tertiary/aromatic N) is 4. The highest BCUT2D eigenvalue weighted by Crippen LogP contribution is 2.39. The molecule has 1 atom stereocenters. The van der Waals surface area contributed by atoms with E-state index < -0.39 is 0 Å². The third-order valence-electron chi connectivity index (χ3n) is 5.73. The molecule has 0 bridgehead atoms. The molecule has 0 fully saturated rings. The van der Waals surface area contributed by atoms with Gasteiger partial charge in [-0.2, -0.15) is 10.2 Å². The molecule has 1 aliphatic rings. The molecular weight excluding hydrogens is 416 g/mol. The van der Waals surface area contributed by atoms with Crippen LogP contribution in [0.5, 0.6) is 0 Å². The second-order valence-corrected chi connectivity index (χ2v) is 8.86. The summed E-state index contributed by atoms with van der Waals surface area (Å²) in [6, 6.07) is 22.3. The molecule has 3 heterocycles. The fourth-order valence-corrected chi connectivity index (χ4v) is 4.75. The molecule has 0 saturated carbocycles. The molecule has 1 amide bonds. The van der Waals surface area contributed by atoms with Crippen LogP contribution in [-0.4, -0.2) is 26.4 Å². The molecule has 0 unspecified atom stereocenters. The predicted molar refractivity (Wildman–Crippen MR) is 129 cm³/mol. The Labute approximate surface area is 191 Å². The Bertz CT molecular complexity index is 1260. The van der Waals surface area contributed by atoms with Crippen molar-refractivity contribution in [1.29, 1.82) is 0 Å². The normalized spacial score (nSPS) is 15.8. The topological polar surface area (TPSA) is 50.5 Å². The molecule has 0 spiro atoms. The number of hydrogen-bond acceptors (Lipinski definition) is 4. The maximum Gasteiger partial charge on any atom is 0.242 e. The van der Waals surface area contributed by atoms with Crippen molar-refractivity contribution in [3.63, 3.8) is 0 Å². The van der Waals surface area contributed by atoms with Gasteiger partial charge in [-0.25, -0.2) is 9.69 Å². The Morgan fingerprint density at radius 1 is 1.06 bits per heavy atom. The van der Waals surface area contributed by atoms with E-state index in [1.807, 2.05) is 48.0 Å². The number of thiophene rings is 1. The van der Waals surface area contributed by atoms with E-state index in [2.05, 4.69) is 48.8 Å². The number of hydrogen-bond donors (Lipinski definition) is 0. The maximum absolute atomic E-state index is 12.9. The summed E-state index contributed by atoms with van der Waals surface area (Å²) >= 11 is 1.65. The molecule has 4 aromatic rings. The summed E-state index contributed by atoms with van der Waals surface area (Å²) in [6.07, 6.45) is 3.12. The Balaban J connectivity index is 1.60. The van der Waals surface area contributed by atoms with Crippen molar-refractivity contribution in [3.8, 4) is 16.3 Å².